The van der Waals surface area contributed by atoms with Crippen LogP contribution >= 0.6 is 0 Å². The molecule has 8 nitrogen and oxygen atoms in total. The van der Waals surface area contributed by atoms with Gasteiger partial charge in [0.05, 0.1) is 11.0 Å². The average molecular weight is 366 g/mol. The maximum absolute atomic E-state index is 12.4. The highest BCUT2D eigenvalue weighted by Crippen LogP contribution is 2.30. The summed E-state index contributed by atoms with van der Waals surface area (Å²) in [7, 11) is 0. The van der Waals surface area contributed by atoms with Crippen LogP contribution in [0, 0.1) is 0 Å². The first kappa shape index (κ1) is 16.9. The number of nitrogens with one attached hydrogen (secondary N) is 3. The number of nitrogens with zero attached hydrogens (tertiary/aromatic N) is 1. The van der Waals surface area contributed by atoms with E-state index in [0.29, 0.717) is 17.4 Å². The molecule has 27 heavy (non-hydrogen) atoms. The van der Waals surface area contributed by atoms with Gasteiger partial charge in [0.1, 0.15) is 12.6 Å². The van der Waals surface area contributed by atoms with Crippen molar-refractivity contribution >= 4 is 28.8 Å². The molecule has 1 aliphatic heterocycles. The molecular formula is C19H18N4O4. The SMILES string of the molecule is C[C@H](NC(=O)C1COc2ccccc2O1)C(=O)Nc1nc2ccccc2[nH]1. The summed E-state index contributed by atoms with van der Waals surface area (Å²) in [6, 6.07) is 13.8. The van der Waals surface area contributed by atoms with Crippen LogP contribution in [0.4, 0.5) is 5.95 Å². The smallest absolute Gasteiger partial charge is 0.265 e. The van der Waals surface area contributed by atoms with E-state index in [1.54, 1.807) is 25.1 Å². The molecule has 1 aromatic heterocycles. The number of carbonyl (C=O) groups excluding carboxylic acids is 2. The number of aromatic amines is 1. The van der Waals surface area contributed by atoms with Gasteiger partial charge in [0, 0.05) is 0 Å². The van der Waals surface area contributed by atoms with Crippen LogP contribution in [0.2, 0.25) is 0 Å². The Labute approximate surface area is 154 Å². The molecule has 1 unspecified atom stereocenters. The van der Waals surface area contributed by atoms with Crippen molar-refractivity contribution in [1.82, 2.24) is 15.3 Å². The number of H-pyrrole nitrogens is 1. The molecule has 138 valence electrons. The molecule has 2 amide bonds. The molecule has 0 aliphatic carbocycles. The molecule has 3 aromatic rings. The molecule has 0 fully saturated rings. The zero-order chi connectivity index (χ0) is 18.8. The minimum absolute atomic E-state index is 0.0841. The first-order valence-electron chi connectivity index (χ1n) is 8.54. The molecule has 8 heteroatoms. The van der Waals surface area contributed by atoms with Gasteiger partial charge < -0.3 is 19.8 Å². The highest BCUT2D eigenvalue weighted by Gasteiger charge is 2.29. The van der Waals surface area contributed by atoms with E-state index >= 15 is 0 Å². The largest absolute Gasteiger partial charge is 0.485 e. The highest BCUT2D eigenvalue weighted by atomic mass is 16.6. The average Bonchev–Trinajstić information content (AvgIpc) is 3.09. The van der Waals surface area contributed by atoms with Crippen LogP contribution in [-0.2, 0) is 9.59 Å². The lowest BCUT2D eigenvalue weighted by molar-refractivity contribution is -0.133. The van der Waals surface area contributed by atoms with Gasteiger partial charge in [-0.15, -0.1) is 0 Å². The number of anilines is 1. The van der Waals surface area contributed by atoms with Gasteiger partial charge in [-0.25, -0.2) is 4.98 Å². The Morgan fingerprint density at radius 2 is 1.89 bits per heavy atom. The van der Waals surface area contributed by atoms with Gasteiger partial charge in [0.2, 0.25) is 18.0 Å². The predicted octanol–water partition coefficient (Wildman–Crippen LogP) is 1.85. The lowest BCUT2D eigenvalue weighted by atomic mass is 10.2. The van der Waals surface area contributed by atoms with E-state index in [-0.39, 0.29) is 12.5 Å². The van der Waals surface area contributed by atoms with Crippen molar-refractivity contribution in [2.24, 2.45) is 0 Å². The van der Waals surface area contributed by atoms with Crippen molar-refractivity contribution in [3.63, 3.8) is 0 Å². The van der Waals surface area contributed by atoms with Crippen molar-refractivity contribution < 1.29 is 19.1 Å². The number of imidazole rings is 1. The Hall–Kier alpha value is -3.55. The predicted molar refractivity (Wildman–Crippen MR) is 98.7 cm³/mol. The zero-order valence-electron chi connectivity index (χ0n) is 14.6. The summed E-state index contributed by atoms with van der Waals surface area (Å²) in [4.78, 5) is 32.0. The summed E-state index contributed by atoms with van der Waals surface area (Å²) in [5.74, 6) is 0.616. The summed E-state index contributed by atoms with van der Waals surface area (Å²) in [6.07, 6.45) is -0.818. The molecule has 0 bridgehead atoms. The monoisotopic (exact) mass is 366 g/mol. The summed E-state index contributed by atoms with van der Waals surface area (Å²) >= 11 is 0. The van der Waals surface area contributed by atoms with Gasteiger partial charge in [-0.05, 0) is 31.2 Å². The van der Waals surface area contributed by atoms with Gasteiger partial charge in [0.25, 0.3) is 5.91 Å². The van der Waals surface area contributed by atoms with Crippen LogP contribution in [0.1, 0.15) is 6.92 Å². The number of hydrogen-bond donors (Lipinski definition) is 3. The van der Waals surface area contributed by atoms with Gasteiger partial charge in [-0.1, -0.05) is 24.3 Å². The van der Waals surface area contributed by atoms with Gasteiger partial charge in [0.15, 0.2) is 11.5 Å². The first-order chi connectivity index (χ1) is 13.1. The first-order valence-corrected chi connectivity index (χ1v) is 8.54. The number of carbonyl (C=O) groups is 2. The Morgan fingerprint density at radius 3 is 2.70 bits per heavy atom. The van der Waals surface area contributed by atoms with Crippen LogP contribution in [-0.4, -0.2) is 40.5 Å². The minimum Gasteiger partial charge on any atom is -0.485 e. The second kappa shape index (κ2) is 6.99. The quantitative estimate of drug-likeness (QED) is 0.653. The third-order valence-electron chi connectivity index (χ3n) is 4.18. The van der Waals surface area contributed by atoms with E-state index in [0.717, 1.165) is 11.0 Å². The third kappa shape index (κ3) is 3.55. The second-order valence-corrected chi connectivity index (χ2v) is 6.19. The number of fused-ring (bicyclic) bond motifs is 2. The van der Waals surface area contributed by atoms with Crippen molar-refractivity contribution in [2.75, 3.05) is 11.9 Å². The van der Waals surface area contributed by atoms with E-state index in [1.165, 1.54) is 0 Å². The summed E-state index contributed by atoms with van der Waals surface area (Å²) < 4.78 is 11.2. The fraction of sp³-hybridized carbons (Fsp3) is 0.211. The van der Waals surface area contributed by atoms with E-state index in [9.17, 15) is 9.59 Å². The maximum atomic E-state index is 12.4. The lowest BCUT2D eigenvalue weighted by Crippen LogP contribution is -2.50. The molecule has 0 saturated carbocycles. The number of rotatable bonds is 4. The van der Waals surface area contributed by atoms with Crippen LogP contribution in [0.15, 0.2) is 48.5 Å². The van der Waals surface area contributed by atoms with Crippen molar-refractivity contribution in [2.45, 2.75) is 19.1 Å². The summed E-state index contributed by atoms with van der Waals surface area (Å²) in [5.41, 5.74) is 1.56. The summed E-state index contributed by atoms with van der Waals surface area (Å²) in [5, 5.41) is 5.30. The Balaban J connectivity index is 1.36. The fourth-order valence-corrected chi connectivity index (χ4v) is 2.76. The molecule has 0 spiro atoms. The summed E-state index contributed by atoms with van der Waals surface area (Å²) in [6.45, 7) is 1.67. The molecule has 4 rings (SSSR count). The second-order valence-electron chi connectivity index (χ2n) is 6.19. The molecule has 2 atom stereocenters. The van der Waals surface area contributed by atoms with Crippen LogP contribution in [0.3, 0.4) is 0 Å². The lowest BCUT2D eigenvalue weighted by Gasteiger charge is -2.26. The Bertz CT molecular complexity index is 967. The van der Waals surface area contributed by atoms with Crippen molar-refractivity contribution in [3.8, 4) is 11.5 Å². The normalized spacial score (nSPS) is 16.6. The Kier molecular flexibility index (Phi) is 4.37. The van der Waals surface area contributed by atoms with Crippen molar-refractivity contribution in [3.05, 3.63) is 48.5 Å². The molecular weight excluding hydrogens is 348 g/mol. The van der Waals surface area contributed by atoms with E-state index < -0.39 is 18.1 Å². The van der Waals surface area contributed by atoms with E-state index in [2.05, 4.69) is 20.6 Å². The molecule has 0 saturated heterocycles. The number of aromatic nitrogens is 2. The zero-order valence-corrected chi connectivity index (χ0v) is 14.6. The number of ether oxygens (including phenoxy) is 2. The number of amides is 2. The van der Waals surface area contributed by atoms with Crippen LogP contribution in [0.25, 0.3) is 11.0 Å². The fourth-order valence-electron chi connectivity index (χ4n) is 2.76. The number of hydrogen-bond acceptors (Lipinski definition) is 5. The molecule has 0 radical (unpaired) electrons. The number of para-hydroxylation sites is 4. The molecule has 2 aromatic carbocycles. The van der Waals surface area contributed by atoms with Crippen molar-refractivity contribution in [1.29, 1.82) is 0 Å². The van der Waals surface area contributed by atoms with Gasteiger partial charge in [-0.3, -0.25) is 14.9 Å². The van der Waals surface area contributed by atoms with Gasteiger partial charge in [-0.2, -0.15) is 0 Å². The molecule has 1 aliphatic rings. The standard InChI is InChI=1S/C19H18N4O4/c1-11(17(24)23-19-21-12-6-2-3-7-13(12)22-19)20-18(25)16-10-26-14-8-4-5-9-15(14)27-16/h2-9,11,16H,10H2,1H3,(H,20,25)(H2,21,22,23,24)/t11-,16?/m0/s1. The number of benzene rings is 2. The molecule has 2 heterocycles. The van der Waals surface area contributed by atoms with Crippen LogP contribution < -0.4 is 20.1 Å². The topological polar surface area (TPSA) is 105 Å². The van der Waals surface area contributed by atoms with E-state index in [1.807, 2.05) is 30.3 Å². The Morgan fingerprint density at radius 1 is 1.15 bits per heavy atom. The maximum Gasteiger partial charge on any atom is 0.265 e. The third-order valence-corrected chi connectivity index (χ3v) is 4.18. The minimum atomic E-state index is -0.818. The highest BCUT2D eigenvalue weighted by molar-refractivity contribution is 5.97. The molecule has 3 N–H and O–H groups in total. The van der Waals surface area contributed by atoms with Crippen LogP contribution in [0.5, 0.6) is 11.5 Å². The van der Waals surface area contributed by atoms with E-state index in [4.69, 9.17) is 9.47 Å². The van der Waals surface area contributed by atoms with Gasteiger partial charge >= 0.3 is 0 Å².